The number of nitrogens with one attached hydrogen (secondary N) is 1. The number of amides is 4. The van der Waals surface area contributed by atoms with Crippen molar-refractivity contribution in [3.8, 4) is 0 Å². The van der Waals surface area contributed by atoms with E-state index in [9.17, 15) is 14.4 Å². The average Bonchev–Trinajstić information content (AvgIpc) is 3.19. The average molecular weight is 439 g/mol. The Hall–Kier alpha value is -1.73. The quantitative estimate of drug-likeness (QED) is 0.577. The summed E-state index contributed by atoms with van der Waals surface area (Å²) in [6, 6.07) is 4.42. The SMILES string of the molecule is O=C1NC(=O)N([C@@H]2C[C@H]3CC[C@H]2C3)C(=O)[C@H]1C=Nc1ccc(Br)cc1Cl. The third kappa shape index (κ3) is 3.07. The number of barbiturate groups is 1. The van der Waals surface area contributed by atoms with Gasteiger partial charge in [-0.15, -0.1) is 0 Å². The number of carbonyl (C=O) groups excluding carboxylic acids is 3. The van der Waals surface area contributed by atoms with E-state index in [4.69, 9.17) is 11.6 Å². The number of urea groups is 1. The van der Waals surface area contributed by atoms with Crippen LogP contribution >= 0.6 is 27.5 Å². The van der Waals surface area contributed by atoms with Gasteiger partial charge in [0.05, 0.1) is 10.7 Å². The number of hydrogen-bond donors (Lipinski definition) is 1. The van der Waals surface area contributed by atoms with Crippen LogP contribution < -0.4 is 5.32 Å². The largest absolute Gasteiger partial charge is 0.331 e. The molecule has 8 heteroatoms. The minimum atomic E-state index is -1.12. The van der Waals surface area contributed by atoms with Crippen molar-refractivity contribution >= 4 is 57.3 Å². The summed E-state index contributed by atoms with van der Waals surface area (Å²) < 4.78 is 0.806. The molecule has 4 amide bonds. The maximum Gasteiger partial charge on any atom is 0.331 e. The molecule has 2 bridgehead atoms. The molecule has 1 saturated heterocycles. The van der Waals surface area contributed by atoms with Crippen LogP contribution in [0.2, 0.25) is 5.02 Å². The standard InChI is InChI=1S/C18H17BrClN3O3/c19-11-3-4-14(13(20)7-11)21-8-12-16(24)22-18(26)23(17(12)25)15-6-9-1-2-10(15)5-9/h3-4,7-10,12,15H,1-2,5-6H2,(H,22,24,26)/t9-,10-,12-,15+/m0/s1. The fourth-order valence-electron chi connectivity index (χ4n) is 4.32. The molecule has 0 unspecified atom stereocenters. The van der Waals surface area contributed by atoms with E-state index in [2.05, 4.69) is 26.2 Å². The Labute approximate surface area is 164 Å². The highest BCUT2D eigenvalue weighted by atomic mass is 79.9. The van der Waals surface area contributed by atoms with E-state index >= 15 is 0 Å². The first kappa shape index (κ1) is 17.7. The molecular weight excluding hydrogens is 422 g/mol. The number of rotatable bonds is 3. The smallest absolute Gasteiger partial charge is 0.277 e. The molecule has 0 spiro atoms. The lowest BCUT2D eigenvalue weighted by molar-refractivity contribution is -0.141. The van der Waals surface area contributed by atoms with Gasteiger partial charge in [0.25, 0.3) is 0 Å². The number of halogens is 2. The van der Waals surface area contributed by atoms with Crippen molar-refractivity contribution in [2.75, 3.05) is 0 Å². The first-order chi connectivity index (χ1) is 12.4. The molecule has 0 radical (unpaired) electrons. The van der Waals surface area contributed by atoms with Gasteiger partial charge in [-0.3, -0.25) is 24.8 Å². The molecule has 3 aliphatic rings. The third-order valence-electron chi connectivity index (χ3n) is 5.54. The third-order valence-corrected chi connectivity index (χ3v) is 6.34. The van der Waals surface area contributed by atoms with Gasteiger partial charge in [0.2, 0.25) is 11.8 Å². The lowest BCUT2D eigenvalue weighted by Crippen LogP contribution is -2.62. The lowest BCUT2D eigenvalue weighted by atomic mass is 9.92. The molecule has 1 aromatic carbocycles. The molecule has 0 aromatic heterocycles. The minimum absolute atomic E-state index is 0.110. The Bertz CT molecular complexity index is 828. The molecule has 4 rings (SSSR count). The Kier molecular flexibility index (Phi) is 4.61. The monoisotopic (exact) mass is 437 g/mol. The van der Waals surface area contributed by atoms with Gasteiger partial charge in [0.15, 0.2) is 5.92 Å². The molecule has 1 aliphatic heterocycles. The van der Waals surface area contributed by atoms with Gasteiger partial charge in [0.1, 0.15) is 0 Å². The van der Waals surface area contributed by atoms with Crippen molar-refractivity contribution in [1.29, 1.82) is 0 Å². The van der Waals surface area contributed by atoms with Gasteiger partial charge in [-0.05, 0) is 49.3 Å². The summed E-state index contributed by atoms with van der Waals surface area (Å²) in [5.74, 6) is -1.32. The van der Waals surface area contributed by atoms with Gasteiger partial charge < -0.3 is 0 Å². The molecule has 2 saturated carbocycles. The Morgan fingerprint density at radius 3 is 2.69 bits per heavy atom. The molecule has 136 valence electrons. The number of nitrogens with zero attached hydrogens (tertiary/aromatic N) is 2. The Morgan fingerprint density at radius 1 is 1.23 bits per heavy atom. The maximum atomic E-state index is 12.9. The van der Waals surface area contributed by atoms with Crippen molar-refractivity contribution in [2.24, 2.45) is 22.7 Å². The number of carbonyl (C=O) groups is 3. The lowest BCUT2D eigenvalue weighted by Gasteiger charge is -2.36. The van der Waals surface area contributed by atoms with Crippen LogP contribution in [0.4, 0.5) is 10.5 Å². The van der Waals surface area contributed by atoms with Crippen molar-refractivity contribution in [3.63, 3.8) is 0 Å². The molecule has 3 fully saturated rings. The topological polar surface area (TPSA) is 78.8 Å². The molecule has 2 aliphatic carbocycles. The summed E-state index contributed by atoms with van der Waals surface area (Å²) in [7, 11) is 0. The second kappa shape index (κ2) is 6.78. The van der Waals surface area contributed by atoms with Gasteiger partial charge in [-0.2, -0.15) is 0 Å². The van der Waals surface area contributed by atoms with Crippen LogP contribution in [0, 0.1) is 17.8 Å². The highest BCUT2D eigenvalue weighted by Crippen LogP contribution is 2.47. The van der Waals surface area contributed by atoms with Gasteiger partial charge in [-0.25, -0.2) is 4.79 Å². The highest BCUT2D eigenvalue weighted by Gasteiger charge is 2.50. The van der Waals surface area contributed by atoms with Crippen molar-refractivity contribution in [2.45, 2.75) is 31.7 Å². The fraction of sp³-hybridized carbons (Fsp3) is 0.444. The van der Waals surface area contributed by atoms with Gasteiger partial charge >= 0.3 is 6.03 Å². The minimum Gasteiger partial charge on any atom is -0.277 e. The van der Waals surface area contributed by atoms with Gasteiger partial charge in [0, 0.05) is 16.7 Å². The number of hydrogen-bond acceptors (Lipinski definition) is 4. The number of imide groups is 2. The second-order valence-electron chi connectivity index (χ2n) is 7.10. The molecule has 6 nitrogen and oxygen atoms in total. The first-order valence-corrected chi connectivity index (χ1v) is 9.78. The highest BCUT2D eigenvalue weighted by molar-refractivity contribution is 9.10. The predicted octanol–water partition coefficient (Wildman–Crippen LogP) is 3.69. The summed E-state index contributed by atoms with van der Waals surface area (Å²) >= 11 is 9.44. The van der Waals surface area contributed by atoms with E-state index in [1.54, 1.807) is 18.2 Å². The molecule has 4 atom stereocenters. The molecular formula is C18H17BrClN3O3. The Morgan fingerprint density at radius 2 is 2.04 bits per heavy atom. The zero-order chi connectivity index (χ0) is 18.4. The molecule has 26 heavy (non-hydrogen) atoms. The molecule has 1 aromatic rings. The normalized spacial score (nSPS) is 31.2. The number of benzene rings is 1. The first-order valence-electron chi connectivity index (χ1n) is 8.61. The van der Waals surface area contributed by atoms with Crippen LogP contribution in [0.25, 0.3) is 0 Å². The number of fused-ring (bicyclic) bond motifs is 2. The summed E-state index contributed by atoms with van der Waals surface area (Å²) in [5, 5.41) is 2.70. The van der Waals surface area contributed by atoms with Crippen LogP contribution in [-0.2, 0) is 9.59 Å². The van der Waals surface area contributed by atoms with Crippen LogP contribution in [0.3, 0.4) is 0 Å². The molecule has 1 heterocycles. The second-order valence-corrected chi connectivity index (χ2v) is 8.42. The zero-order valence-electron chi connectivity index (χ0n) is 13.8. The molecule has 1 N–H and O–H groups in total. The van der Waals surface area contributed by atoms with Crippen molar-refractivity contribution in [1.82, 2.24) is 10.2 Å². The summed E-state index contributed by atoms with van der Waals surface area (Å²) in [6.45, 7) is 0. The van der Waals surface area contributed by atoms with E-state index in [-0.39, 0.29) is 6.04 Å². The van der Waals surface area contributed by atoms with E-state index in [1.165, 1.54) is 11.1 Å². The summed E-state index contributed by atoms with van der Waals surface area (Å²) in [4.78, 5) is 42.8. The van der Waals surface area contributed by atoms with Gasteiger partial charge in [-0.1, -0.05) is 34.0 Å². The maximum absolute atomic E-state index is 12.9. The van der Waals surface area contributed by atoms with E-state index in [0.717, 1.165) is 30.2 Å². The van der Waals surface area contributed by atoms with Crippen molar-refractivity contribution < 1.29 is 14.4 Å². The number of aliphatic imine (C=N–C) groups is 1. The Balaban J connectivity index is 1.57. The van der Waals surface area contributed by atoms with E-state index in [1.807, 2.05) is 0 Å². The van der Waals surface area contributed by atoms with Crippen LogP contribution in [0.5, 0.6) is 0 Å². The van der Waals surface area contributed by atoms with Crippen LogP contribution in [-0.4, -0.2) is 35.0 Å². The predicted molar refractivity (Wildman–Crippen MR) is 100 cm³/mol. The van der Waals surface area contributed by atoms with E-state index in [0.29, 0.717) is 22.5 Å². The van der Waals surface area contributed by atoms with Crippen LogP contribution in [0.1, 0.15) is 25.7 Å². The van der Waals surface area contributed by atoms with Crippen molar-refractivity contribution in [3.05, 3.63) is 27.7 Å². The zero-order valence-corrected chi connectivity index (χ0v) is 16.2. The summed E-state index contributed by atoms with van der Waals surface area (Å²) in [5.41, 5.74) is 0.457. The van der Waals surface area contributed by atoms with Crippen LogP contribution in [0.15, 0.2) is 27.7 Å². The van der Waals surface area contributed by atoms with E-state index < -0.39 is 23.8 Å². The summed E-state index contributed by atoms with van der Waals surface area (Å²) in [6.07, 6.45) is 5.37. The fourth-order valence-corrected chi connectivity index (χ4v) is 5.04.